The number of aromatic nitrogens is 1. The molecule has 0 atom stereocenters. The molecule has 1 N–H and O–H groups in total. The third kappa shape index (κ3) is 2.11. The standard InChI is InChI=1S/C15H18N2O/c1-2-15(18)10-17(11-15)9-13-8-7-12-5-3-4-6-14(12)16-13/h3-8,18H,2,9-11H2,1H3. The molecule has 0 spiro atoms. The van der Waals surface area contributed by atoms with Gasteiger partial charge in [0.15, 0.2) is 0 Å². The summed E-state index contributed by atoms with van der Waals surface area (Å²) >= 11 is 0. The summed E-state index contributed by atoms with van der Waals surface area (Å²) in [6.45, 7) is 4.38. The van der Waals surface area contributed by atoms with E-state index in [4.69, 9.17) is 0 Å². The van der Waals surface area contributed by atoms with Crippen molar-refractivity contribution in [3.05, 3.63) is 42.1 Å². The molecule has 94 valence electrons. The largest absolute Gasteiger partial charge is 0.387 e. The first-order chi connectivity index (χ1) is 8.68. The summed E-state index contributed by atoms with van der Waals surface area (Å²) in [4.78, 5) is 6.88. The van der Waals surface area contributed by atoms with Gasteiger partial charge in [-0.3, -0.25) is 9.88 Å². The van der Waals surface area contributed by atoms with E-state index in [9.17, 15) is 5.11 Å². The number of β-amino-alcohol motifs (C(OH)–C–C–N with tert-alkyl or cyclic N) is 1. The van der Waals surface area contributed by atoms with Gasteiger partial charge in [0.1, 0.15) is 0 Å². The van der Waals surface area contributed by atoms with Gasteiger partial charge in [-0.05, 0) is 18.6 Å². The third-order valence-electron chi connectivity index (χ3n) is 3.74. The Morgan fingerprint density at radius 1 is 1.22 bits per heavy atom. The van der Waals surface area contributed by atoms with Gasteiger partial charge in [-0.2, -0.15) is 0 Å². The van der Waals surface area contributed by atoms with Crippen LogP contribution in [0, 0.1) is 0 Å². The van der Waals surface area contributed by atoms with Crippen LogP contribution >= 0.6 is 0 Å². The van der Waals surface area contributed by atoms with E-state index in [1.165, 1.54) is 5.39 Å². The molecule has 2 aromatic rings. The number of rotatable bonds is 3. The number of nitrogens with zero attached hydrogens (tertiary/aromatic N) is 2. The number of aliphatic hydroxyl groups is 1. The van der Waals surface area contributed by atoms with Crippen molar-refractivity contribution in [3.8, 4) is 0 Å². The molecule has 1 aromatic heterocycles. The van der Waals surface area contributed by atoms with Crippen LogP contribution in [0.4, 0.5) is 0 Å². The van der Waals surface area contributed by atoms with Crippen LogP contribution in [-0.4, -0.2) is 33.7 Å². The Kier molecular flexibility index (Phi) is 2.80. The number of benzene rings is 1. The molecule has 2 heterocycles. The summed E-state index contributed by atoms with van der Waals surface area (Å²) in [5.74, 6) is 0. The number of pyridine rings is 1. The monoisotopic (exact) mass is 242 g/mol. The highest BCUT2D eigenvalue weighted by Crippen LogP contribution is 2.25. The minimum absolute atomic E-state index is 0.461. The summed E-state index contributed by atoms with van der Waals surface area (Å²) in [5.41, 5.74) is 1.66. The predicted molar refractivity (Wildman–Crippen MR) is 72.3 cm³/mol. The van der Waals surface area contributed by atoms with Crippen molar-refractivity contribution in [1.82, 2.24) is 9.88 Å². The predicted octanol–water partition coefficient (Wildman–Crippen LogP) is 2.19. The Bertz CT molecular complexity index is 561. The molecule has 0 saturated carbocycles. The van der Waals surface area contributed by atoms with E-state index >= 15 is 0 Å². The summed E-state index contributed by atoms with van der Waals surface area (Å²) < 4.78 is 0. The lowest BCUT2D eigenvalue weighted by atomic mass is 9.91. The van der Waals surface area contributed by atoms with E-state index in [0.29, 0.717) is 0 Å². The fraction of sp³-hybridized carbons (Fsp3) is 0.400. The first-order valence-corrected chi connectivity index (χ1v) is 6.48. The molecule has 1 aromatic carbocycles. The molecule has 0 radical (unpaired) electrons. The molecule has 0 unspecified atom stereocenters. The summed E-state index contributed by atoms with van der Waals surface area (Å²) in [5, 5.41) is 11.2. The van der Waals surface area contributed by atoms with Gasteiger partial charge in [-0.1, -0.05) is 31.2 Å². The highest BCUT2D eigenvalue weighted by molar-refractivity contribution is 5.78. The first kappa shape index (κ1) is 11.6. The quantitative estimate of drug-likeness (QED) is 0.896. The second-order valence-corrected chi connectivity index (χ2v) is 5.22. The molecule has 1 saturated heterocycles. The maximum Gasteiger partial charge on any atom is 0.0897 e. The summed E-state index contributed by atoms with van der Waals surface area (Å²) in [7, 11) is 0. The van der Waals surface area contributed by atoms with Crippen molar-refractivity contribution in [1.29, 1.82) is 0 Å². The lowest BCUT2D eigenvalue weighted by molar-refractivity contribution is -0.103. The van der Waals surface area contributed by atoms with E-state index in [1.807, 2.05) is 25.1 Å². The number of fused-ring (bicyclic) bond motifs is 1. The van der Waals surface area contributed by atoms with E-state index in [1.54, 1.807) is 0 Å². The normalized spacial score (nSPS) is 18.8. The Morgan fingerprint density at radius 2 is 2.00 bits per heavy atom. The zero-order chi connectivity index (χ0) is 12.6. The lowest BCUT2D eigenvalue weighted by Gasteiger charge is -2.46. The topological polar surface area (TPSA) is 36.4 Å². The van der Waals surface area contributed by atoms with E-state index in [-0.39, 0.29) is 0 Å². The molecule has 18 heavy (non-hydrogen) atoms. The average Bonchev–Trinajstić information content (AvgIpc) is 2.36. The van der Waals surface area contributed by atoms with Crippen LogP contribution in [0.15, 0.2) is 36.4 Å². The van der Waals surface area contributed by atoms with Crippen LogP contribution in [0.25, 0.3) is 10.9 Å². The first-order valence-electron chi connectivity index (χ1n) is 6.48. The van der Waals surface area contributed by atoms with Gasteiger partial charge in [-0.15, -0.1) is 0 Å². The average molecular weight is 242 g/mol. The Balaban J connectivity index is 1.72. The highest BCUT2D eigenvalue weighted by atomic mass is 16.3. The van der Waals surface area contributed by atoms with Gasteiger partial charge >= 0.3 is 0 Å². The summed E-state index contributed by atoms with van der Waals surface area (Å²) in [6.07, 6.45) is 0.828. The molecule has 1 aliphatic heterocycles. The van der Waals surface area contributed by atoms with E-state index in [0.717, 1.165) is 37.3 Å². The number of likely N-dealkylation sites (tertiary alicyclic amines) is 1. The Labute approximate surface area is 107 Å². The van der Waals surface area contributed by atoms with Gasteiger partial charge in [-0.25, -0.2) is 0 Å². The van der Waals surface area contributed by atoms with Crippen molar-refractivity contribution in [3.63, 3.8) is 0 Å². The van der Waals surface area contributed by atoms with Crippen molar-refractivity contribution >= 4 is 10.9 Å². The number of hydrogen-bond acceptors (Lipinski definition) is 3. The fourth-order valence-electron chi connectivity index (χ4n) is 2.55. The number of para-hydroxylation sites is 1. The van der Waals surface area contributed by atoms with Crippen LogP contribution < -0.4 is 0 Å². The Hall–Kier alpha value is -1.45. The minimum Gasteiger partial charge on any atom is -0.387 e. The fourth-order valence-corrected chi connectivity index (χ4v) is 2.55. The molecule has 0 bridgehead atoms. The van der Waals surface area contributed by atoms with Crippen LogP contribution in [0.1, 0.15) is 19.0 Å². The van der Waals surface area contributed by atoms with Gasteiger partial charge in [0.05, 0.1) is 16.8 Å². The van der Waals surface area contributed by atoms with Crippen LogP contribution in [0.2, 0.25) is 0 Å². The molecule has 1 fully saturated rings. The lowest BCUT2D eigenvalue weighted by Crippen LogP contribution is -2.60. The van der Waals surface area contributed by atoms with Gasteiger partial charge in [0, 0.05) is 25.0 Å². The zero-order valence-electron chi connectivity index (χ0n) is 10.6. The van der Waals surface area contributed by atoms with Crippen LogP contribution in [-0.2, 0) is 6.54 Å². The maximum atomic E-state index is 9.98. The van der Waals surface area contributed by atoms with Crippen LogP contribution in [0.3, 0.4) is 0 Å². The third-order valence-corrected chi connectivity index (χ3v) is 3.74. The molecular weight excluding hydrogens is 224 g/mol. The smallest absolute Gasteiger partial charge is 0.0897 e. The second kappa shape index (κ2) is 4.34. The number of hydrogen-bond donors (Lipinski definition) is 1. The molecule has 0 amide bonds. The Morgan fingerprint density at radius 3 is 2.78 bits per heavy atom. The van der Waals surface area contributed by atoms with Crippen molar-refractivity contribution in [2.75, 3.05) is 13.1 Å². The summed E-state index contributed by atoms with van der Waals surface area (Å²) in [6, 6.07) is 12.3. The van der Waals surface area contributed by atoms with Crippen molar-refractivity contribution in [2.24, 2.45) is 0 Å². The van der Waals surface area contributed by atoms with Crippen molar-refractivity contribution < 1.29 is 5.11 Å². The SMILES string of the molecule is CCC1(O)CN(Cc2ccc3ccccc3n2)C1. The molecule has 0 aliphatic carbocycles. The molecule has 3 rings (SSSR count). The van der Waals surface area contributed by atoms with Gasteiger partial charge < -0.3 is 5.11 Å². The van der Waals surface area contributed by atoms with E-state index in [2.05, 4.69) is 28.1 Å². The van der Waals surface area contributed by atoms with Crippen LogP contribution in [0.5, 0.6) is 0 Å². The van der Waals surface area contributed by atoms with Gasteiger partial charge in [0.25, 0.3) is 0 Å². The molecule has 1 aliphatic rings. The van der Waals surface area contributed by atoms with Crippen molar-refractivity contribution in [2.45, 2.75) is 25.5 Å². The molecular formula is C15H18N2O. The minimum atomic E-state index is -0.461. The van der Waals surface area contributed by atoms with E-state index < -0.39 is 5.60 Å². The second-order valence-electron chi connectivity index (χ2n) is 5.22. The molecule has 3 heteroatoms. The maximum absolute atomic E-state index is 9.98. The highest BCUT2D eigenvalue weighted by Gasteiger charge is 2.39. The molecule has 3 nitrogen and oxygen atoms in total. The van der Waals surface area contributed by atoms with Gasteiger partial charge in [0.2, 0.25) is 0 Å². The zero-order valence-corrected chi connectivity index (χ0v) is 10.6.